The summed E-state index contributed by atoms with van der Waals surface area (Å²) < 4.78 is 1.20. The highest BCUT2D eigenvalue weighted by atomic mass is 32.1. The molecular weight excluding hydrogens is 326 g/mol. The number of rotatable bonds is 6. The van der Waals surface area contributed by atoms with E-state index in [1.165, 1.54) is 15.8 Å². The third kappa shape index (κ3) is 4.45. The number of thiazole rings is 1. The van der Waals surface area contributed by atoms with Crippen molar-refractivity contribution in [3.05, 3.63) is 59.2 Å². The van der Waals surface area contributed by atoms with E-state index in [4.69, 9.17) is 10.1 Å². The van der Waals surface area contributed by atoms with Gasteiger partial charge in [-0.15, -0.1) is 0 Å². The van der Waals surface area contributed by atoms with Crippen LogP contribution < -0.4 is 5.01 Å². The van der Waals surface area contributed by atoms with Crippen molar-refractivity contribution in [2.24, 2.45) is 11.0 Å². The summed E-state index contributed by atoms with van der Waals surface area (Å²) in [4.78, 5) is 4.77. The minimum Gasteiger partial charge on any atom is -0.239 e. The highest BCUT2D eigenvalue weighted by Gasteiger charge is 2.12. The Morgan fingerprint density at radius 3 is 2.72 bits per heavy atom. The molecule has 130 valence electrons. The summed E-state index contributed by atoms with van der Waals surface area (Å²) in [6.07, 6.45) is 3.05. The quantitative estimate of drug-likeness (QED) is 0.415. The van der Waals surface area contributed by atoms with Crippen LogP contribution in [0.1, 0.15) is 37.0 Å². The third-order valence-electron chi connectivity index (χ3n) is 4.19. The maximum absolute atomic E-state index is 4.79. The number of aryl methyl sites for hydroxylation is 2. The van der Waals surface area contributed by atoms with Gasteiger partial charge >= 0.3 is 0 Å². The highest BCUT2D eigenvalue weighted by Crippen LogP contribution is 2.29. The number of nitrogens with zero attached hydrogens (tertiary/aromatic N) is 3. The van der Waals surface area contributed by atoms with Crippen LogP contribution in [0, 0.1) is 19.8 Å². The molecule has 2 aromatic carbocycles. The van der Waals surface area contributed by atoms with Gasteiger partial charge in [0.15, 0.2) is 0 Å². The fourth-order valence-corrected chi connectivity index (χ4v) is 3.53. The lowest BCUT2D eigenvalue weighted by atomic mass is 10.1. The minimum atomic E-state index is 0.632. The van der Waals surface area contributed by atoms with Gasteiger partial charge in [-0.3, -0.25) is 0 Å². The Morgan fingerprint density at radius 1 is 1.16 bits per heavy atom. The summed E-state index contributed by atoms with van der Waals surface area (Å²) in [6.45, 7) is 9.59. The minimum absolute atomic E-state index is 0.632. The Balaban J connectivity index is 1.91. The Bertz CT molecular complexity index is 847. The van der Waals surface area contributed by atoms with Crippen LogP contribution in [-0.2, 0) is 0 Å². The molecule has 0 saturated carbocycles. The first-order valence-electron chi connectivity index (χ1n) is 8.77. The number of fused-ring (bicyclic) bond motifs is 1. The lowest BCUT2D eigenvalue weighted by Gasteiger charge is -2.17. The zero-order valence-corrected chi connectivity index (χ0v) is 16.2. The first-order valence-corrected chi connectivity index (χ1v) is 9.59. The van der Waals surface area contributed by atoms with Gasteiger partial charge in [0.2, 0.25) is 5.13 Å². The molecule has 1 heterocycles. The van der Waals surface area contributed by atoms with Crippen LogP contribution in [0.4, 0.5) is 5.13 Å². The molecule has 0 aliphatic heterocycles. The maximum atomic E-state index is 4.79. The molecule has 25 heavy (non-hydrogen) atoms. The zero-order chi connectivity index (χ0) is 17.8. The van der Waals surface area contributed by atoms with Crippen LogP contribution in [0.15, 0.2) is 47.6 Å². The van der Waals surface area contributed by atoms with Crippen LogP contribution in [0.5, 0.6) is 0 Å². The van der Waals surface area contributed by atoms with Crippen LogP contribution in [-0.4, -0.2) is 17.7 Å². The molecule has 0 aliphatic rings. The van der Waals surface area contributed by atoms with Gasteiger partial charge in [0, 0.05) is 6.54 Å². The first kappa shape index (κ1) is 17.6. The van der Waals surface area contributed by atoms with Crippen molar-refractivity contribution in [1.82, 2.24) is 4.98 Å². The number of aromatic nitrogens is 1. The fraction of sp³-hybridized carbons (Fsp3) is 0.333. The van der Waals surface area contributed by atoms with E-state index in [0.29, 0.717) is 5.92 Å². The predicted octanol–water partition coefficient (Wildman–Crippen LogP) is 5.80. The van der Waals surface area contributed by atoms with Crippen LogP contribution in [0.3, 0.4) is 0 Å². The average Bonchev–Trinajstić information content (AvgIpc) is 3.01. The van der Waals surface area contributed by atoms with E-state index in [2.05, 4.69) is 64.1 Å². The second kappa shape index (κ2) is 7.79. The highest BCUT2D eigenvalue weighted by molar-refractivity contribution is 7.22. The van der Waals surface area contributed by atoms with Crippen molar-refractivity contribution < 1.29 is 0 Å². The monoisotopic (exact) mass is 351 g/mol. The normalized spacial score (nSPS) is 11.7. The van der Waals surface area contributed by atoms with Crippen molar-refractivity contribution in [3.8, 4) is 0 Å². The molecule has 0 aliphatic carbocycles. The Morgan fingerprint density at radius 2 is 1.96 bits per heavy atom. The molecule has 3 nitrogen and oxygen atoms in total. The number of benzene rings is 2. The molecule has 0 N–H and O–H groups in total. The average molecular weight is 352 g/mol. The van der Waals surface area contributed by atoms with Crippen molar-refractivity contribution in [3.63, 3.8) is 0 Å². The summed E-state index contributed by atoms with van der Waals surface area (Å²) in [7, 11) is 0. The van der Waals surface area contributed by atoms with Gasteiger partial charge in [-0.2, -0.15) is 5.10 Å². The summed E-state index contributed by atoms with van der Waals surface area (Å²) in [5.41, 5.74) is 4.69. The van der Waals surface area contributed by atoms with Crippen LogP contribution >= 0.6 is 11.3 Å². The van der Waals surface area contributed by atoms with Gasteiger partial charge in [-0.1, -0.05) is 61.1 Å². The molecule has 3 aromatic rings. The smallest absolute Gasteiger partial charge is 0.207 e. The number of hydrogen-bond acceptors (Lipinski definition) is 4. The SMILES string of the molecule is Cc1ccc(C)c(/C=N/N(CCC(C)C)c2nc3ccccc3s2)c1. The largest absolute Gasteiger partial charge is 0.239 e. The van der Waals surface area contributed by atoms with E-state index in [1.54, 1.807) is 11.3 Å². The molecular formula is C21H25N3S. The molecule has 3 rings (SSSR count). The summed E-state index contributed by atoms with van der Waals surface area (Å²) in [5.74, 6) is 0.632. The molecule has 0 bridgehead atoms. The standard InChI is InChI=1S/C21H25N3S/c1-15(2)11-12-24(21-23-19-7-5-6-8-20(19)25-21)22-14-18-13-16(3)9-10-17(18)4/h5-10,13-15H,11-12H2,1-4H3/b22-14+. The summed E-state index contributed by atoms with van der Waals surface area (Å²) in [6, 6.07) is 14.7. The lowest BCUT2D eigenvalue weighted by molar-refractivity contribution is 0.578. The van der Waals surface area contributed by atoms with E-state index in [0.717, 1.165) is 29.2 Å². The number of hydrogen-bond donors (Lipinski definition) is 0. The molecule has 0 fully saturated rings. The van der Waals surface area contributed by atoms with Gasteiger partial charge in [0.25, 0.3) is 0 Å². The topological polar surface area (TPSA) is 28.5 Å². The molecule has 0 atom stereocenters. The second-order valence-corrected chi connectivity index (χ2v) is 7.88. The lowest BCUT2D eigenvalue weighted by Crippen LogP contribution is -2.19. The zero-order valence-electron chi connectivity index (χ0n) is 15.4. The second-order valence-electron chi connectivity index (χ2n) is 6.87. The van der Waals surface area contributed by atoms with E-state index < -0.39 is 0 Å². The van der Waals surface area contributed by atoms with Crippen molar-refractivity contribution in [2.45, 2.75) is 34.1 Å². The van der Waals surface area contributed by atoms with Crippen LogP contribution in [0.2, 0.25) is 0 Å². The Hall–Kier alpha value is -2.20. The van der Waals surface area contributed by atoms with E-state index in [1.807, 2.05) is 17.3 Å². The van der Waals surface area contributed by atoms with Crippen molar-refractivity contribution in [2.75, 3.05) is 11.6 Å². The van der Waals surface area contributed by atoms with Gasteiger partial charge in [-0.05, 0) is 49.4 Å². The molecule has 4 heteroatoms. The summed E-state index contributed by atoms with van der Waals surface area (Å²) >= 11 is 1.70. The molecule has 1 aromatic heterocycles. The van der Waals surface area contributed by atoms with Crippen LogP contribution in [0.25, 0.3) is 10.2 Å². The maximum Gasteiger partial charge on any atom is 0.207 e. The van der Waals surface area contributed by atoms with Gasteiger partial charge < -0.3 is 0 Å². The molecule has 0 spiro atoms. The van der Waals surface area contributed by atoms with Gasteiger partial charge in [-0.25, -0.2) is 9.99 Å². The molecule has 0 amide bonds. The van der Waals surface area contributed by atoms with Gasteiger partial charge in [0.1, 0.15) is 0 Å². The number of hydrazone groups is 1. The van der Waals surface area contributed by atoms with Gasteiger partial charge in [0.05, 0.1) is 16.4 Å². The number of anilines is 1. The summed E-state index contributed by atoms with van der Waals surface area (Å²) in [5, 5.41) is 7.80. The Kier molecular flexibility index (Phi) is 5.49. The molecule has 0 unspecified atom stereocenters. The van der Waals surface area contributed by atoms with Crippen molar-refractivity contribution >= 4 is 32.9 Å². The van der Waals surface area contributed by atoms with Crippen molar-refractivity contribution in [1.29, 1.82) is 0 Å². The Labute approximate surface area is 154 Å². The van der Waals surface area contributed by atoms with E-state index in [-0.39, 0.29) is 0 Å². The molecule has 0 saturated heterocycles. The molecule has 0 radical (unpaired) electrons. The predicted molar refractivity (Wildman–Crippen MR) is 110 cm³/mol. The van der Waals surface area contributed by atoms with E-state index in [9.17, 15) is 0 Å². The number of para-hydroxylation sites is 1. The third-order valence-corrected chi connectivity index (χ3v) is 5.24. The van der Waals surface area contributed by atoms with E-state index >= 15 is 0 Å². The first-order chi connectivity index (χ1) is 12.0. The fourth-order valence-electron chi connectivity index (χ4n) is 2.58.